The SMILES string of the molecule is O=C1O[C@H]2[C@@H](OC(=O)c3cc(O)c(O)c(O)c3)[C@H](OC(=O)c3cc(O)c(O)c4c3[C@@H]3C1=CC(=O)[C@](O)(O4)C3(O)O)[C@@H]1OC(=O)c3cc(O)c(O)c(O)c3-c3c(cc(O)c(O)c3O)[C@H](O)OC[C@@H]2O1. The molecule has 27 nitrogen and oxygen atoms in total. The zero-order valence-corrected chi connectivity index (χ0v) is 33.3. The van der Waals surface area contributed by atoms with Gasteiger partial charge in [0.1, 0.15) is 6.10 Å². The number of aromatic hydroxyl groups is 11. The second kappa shape index (κ2) is 15.0. The number of hydrogen-bond donors (Lipinski definition) is 15. The van der Waals surface area contributed by atoms with E-state index in [2.05, 4.69) is 0 Å². The summed E-state index contributed by atoms with van der Waals surface area (Å²) in [5.41, 5.74) is -7.99. The van der Waals surface area contributed by atoms with Crippen LogP contribution in [0.2, 0.25) is 0 Å². The topological polar surface area (TPSA) is 453 Å². The molecule has 4 aromatic carbocycles. The molecule has 1 saturated heterocycles. The Balaban J connectivity index is 1.29. The summed E-state index contributed by atoms with van der Waals surface area (Å²) in [5.74, 6) is -34.4. The van der Waals surface area contributed by atoms with Crippen LogP contribution in [0.3, 0.4) is 0 Å². The lowest BCUT2D eigenvalue weighted by Crippen LogP contribution is -2.70. The van der Waals surface area contributed by atoms with Crippen LogP contribution in [-0.4, -0.2) is 155 Å². The first-order chi connectivity index (χ1) is 31.9. The number of phenolic OH excluding ortho intramolecular Hbond substituents is 11. The molecule has 4 aliphatic heterocycles. The largest absolute Gasteiger partial charge is 0.504 e. The molecule has 5 aliphatic rings. The number of hydrogen-bond acceptors (Lipinski definition) is 27. The number of aliphatic hydroxyl groups is 4. The molecule has 0 saturated carbocycles. The highest BCUT2D eigenvalue weighted by atomic mass is 16.8. The van der Waals surface area contributed by atoms with Crippen molar-refractivity contribution in [1.82, 2.24) is 0 Å². The Hall–Kier alpha value is -8.47. The first-order valence-electron chi connectivity index (χ1n) is 19.2. The van der Waals surface area contributed by atoms with Gasteiger partial charge in [0.15, 0.2) is 70.2 Å². The highest BCUT2D eigenvalue weighted by Crippen LogP contribution is 2.59. The van der Waals surface area contributed by atoms with Gasteiger partial charge in [-0.25, -0.2) is 19.2 Å². The molecule has 68 heavy (non-hydrogen) atoms. The fraction of sp³-hybridized carbons (Fsp3) is 0.244. The number of rotatable bonds is 2. The summed E-state index contributed by atoms with van der Waals surface area (Å²) in [6, 6.07) is 2.46. The van der Waals surface area contributed by atoms with Crippen LogP contribution < -0.4 is 4.74 Å². The monoisotopic (exact) mass is 954 g/mol. The van der Waals surface area contributed by atoms with Crippen LogP contribution in [0.5, 0.6) is 69.0 Å². The van der Waals surface area contributed by atoms with Crippen molar-refractivity contribution in [1.29, 1.82) is 0 Å². The third-order valence-corrected chi connectivity index (χ3v) is 11.6. The molecule has 0 unspecified atom stereocenters. The number of aliphatic hydroxyl groups excluding tert-OH is 1. The molecule has 15 N–H and O–H groups in total. The third kappa shape index (κ3) is 6.32. The maximum Gasteiger partial charge on any atom is 0.341 e. The van der Waals surface area contributed by atoms with E-state index in [1.807, 2.05) is 0 Å². The number of fused-ring (bicyclic) bond motifs is 10. The molecule has 0 spiro atoms. The van der Waals surface area contributed by atoms with Crippen molar-refractivity contribution in [2.75, 3.05) is 6.61 Å². The lowest BCUT2D eigenvalue weighted by atomic mass is 9.70. The number of esters is 4. The van der Waals surface area contributed by atoms with Gasteiger partial charge in [-0.05, 0) is 36.4 Å². The second-order valence-corrected chi connectivity index (χ2v) is 15.6. The molecular formula is C41H30O27. The predicted molar refractivity (Wildman–Crippen MR) is 205 cm³/mol. The third-order valence-electron chi connectivity index (χ3n) is 11.6. The van der Waals surface area contributed by atoms with Crippen molar-refractivity contribution in [3.8, 4) is 80.1 Å². The van der Waals surface area contributed by atoms with Gasteiger partial charge < -0.3 is 110 Å². The Kier molecular flexibility index (Phi) is 9.88. The minimum Gasteiger partial charge on any atom is -0.504 e. The average Bonchev–Trinajstić information content (AvgIpc) is 3.28. The first-order valence-corrected chi connectivity index (χ1v) is 19.2. The summed E-state index contributed by atoms with van der Waals surface area (Å²) in [4.78, 5) is 70.9. The lowest BCUT2D eigenvalue weighted by Gasteiger charge is -2.49. The number of carbonyl (C=O) groups is 5. The number of phenols is 11. The number of benzene rings is 4. The van der Waals surface area contributed by atoms with Gasteiger partial charge in [0, 0.05) is 22.3 Å². The first kappa shape index (κ1) is 44.7. The van der Waals surface area contributed by atoms with E-state index in [9.17, 15) is 101 Å². The van der Waals surface area contributed by atoms with Gasteiger partial charge in [-0.2, -0.15) is 0 Å². The molecule has 4 heterocycles. The summed E-state index contributed by atoms with van der Waals surface area (Å²) in [5, 5.41) is 162. The van der Waals surface area contributed by atoms with E-state index in [1.54, 1.807) is 0 Å². The number of ether oxygens (including phenoxy) is 7. The van der Waals surface area contributed by atoms with Gasteiger partial charge in [-0.15, -0.1) is 0 Å². The minimum atomic E-state index is -3.97. The molecular weight excluding hydrogens is 924 g/mol. The molecule has 1 aliphatic carbocycles. The van der Waals surface area contributed by atoms with Crippen LogP contribution in [0, 0.1) is 0 Å². The van der Waals surface area contributed by atoms with Crippen LogP contribution in [0.1, 0.15) is 54.4 Å². The summed E-state index contributed by atoms with van der Waals surface area (Å²) in [6.45, 7) is -1.21. The van der Waals surface area contributed by atoms with Gasteiger partial charge in [0.2, 0.25) is 35.4 Å². The van der Waals surface area contributed by atoms with E-state index >= 15 is 0 Å². The van der Waals surface area contributed by atoms with E-state index in [0.717, 1.165) is 0 Å². The molecule has 0 radical (unpaired) electrons. The van der Waals surface area contributed by atoms with Crippen molar-refractivity contribution in [2.45, 2.75) is 54.5 Å². The molecule has 1 fully saturated rings. The lowest BCUT2D eigenvalue weighted by molar-refractivity contribution is -0.339. The molecule has 6 bridgehead atoms. The maximum absolute atomic E-state index is 14.6. The Morgan fingerprint density at radius 3 is 1.85 bits per heavy atom. The van der Waals surface area contributed by atoms with Gasteiger partial charge in [0.05, 0.1) is 34.8 Å². The normalized spacial score (nSPS) is 26.9. The van der Waals surface area contributed by atoms with E-state index in [4.69, 9.17) is 33.2 Å². The van der Waals surface area contributed by atoms with Crippen molar-refractivity contribution in [2.24, 2.45) is 0 Å². The molecule has 9 rings (SSSR count). The summed E-state index contributed by atoms with van der Waals surface area (Å²) < 4.78 is 39.3. The van der Waals surface area contributed by atoms with Crippen LogP contribution in [0.25, 0.3) is 11.1 Å². The highest BCUT2D eigenvalue weighted by molar-refractivity contribution is 6.09. The van der Waals surface area contributed by atoms with Gasteiger partial charge in [-0.1, -0.05) is 0 Å². The van der Waals surface area contributed by atoms with Gasteiger partial charge in [-0.3, -0.25) is 4.79 Å². The summed E-state index contributed by atoms with van der Waals surface area (Å²) in [6.07, 6.45) is -14.5. The van der Waals surface area contributed by atoms with Crippen molar-refractivity contribution >= 4 is 29.7 Å². The second-order valence-electron chi connectivity index (χ2n) is 15.6. The highest BCUT2D eigenvalue weighted by Gasteiger charge is 2.70. The van der Waals surface area contributed by atoms with E-state index in [1.165, 1.54) is 0 Å². The van der Waals surface area contributed by atoms with Crippen LogP contribution in [-0.2, 0) is 38.0 Å². The molecule has 27 heteroatoms. The van der Waals surface area contributed by atoms with E-state index in [-0.39, 0.29) is 6.08 Å². The maximum atomic E-state index is 14.6. The van der Waals surface area contributed by atoms with Gasteiger partial charge >= 0.3 is 29.7 Å². The average molecular weight is 955 g/mol. The Bertz CT molecular complexity index is 2970. The zero-order valence-electron chi connectivity index (χ0n) is 33.3. The van der Waals surface area contributed by atoms with Gasteiger partial charge in [0.25, 0.3) is 5.79 Å². The standard InChI is InChI=1S/C41H30O27/c42-13-1-8(2-14(43)24(13)48)34(54)65-32-30-18-7-62-35(55)9-3-15(44)25(49)28(52)20(9)21-10(4-16(45)26(50)29(21)53)37(57)67-39(63-18)33(32)66-36(56)11-5-17(46)27(51)31-22(11)23-12(38(58)64-30)6-19(47)41(61,68-31)40(23,59)60/h1-6,18,23,30,32-33,35,39,42-46,48-53,55,59-61H,7H2/t18-,23-,30+,32+,33-,35+,39-,41-/m0/s1. The van der Waals surface area contributed by atoms with E-state index in [0.29, 0.717) is 30.3 Å². The van der Waals surface area contributed by atoms with Crippen molar-refractivity contribution < 1.29 is 134 Å². The summed E-state index contributed by atoms with van der Waals surface area (Å²) in [7, 11) is 0. The number of ketones is 1. The quantitative estimate of drug-likeness (QED) is 0.0483. The molecule has 0 amide bonds. The fourth-order valence-electron chi connectivity index (χ4n) is 8.36. The molecule has 0 aromatic heterocycles. The molecule has 4 aromatic rings. The van der Waals surface area contributed by atoms with Crippen molar-refractivity contribution in [3.05, 3.63) is 69.8 Å². The van der Waals surface area contributed by atoms with Crippen LogP contribution >= 0.6 is 0 Å². The fourth-order valence-corrected chi connectivity index (χ4v) is 8.36. The van der Waals surface area contributed by atoms with Crippen LogP contribution in [0.4, 0.5) is 0 Å². The summed E-state index contributed by atoms with van der Waals surface area (Å²) >= 11 is 0. The Morgan fingerprint density at radius 1 is 0.632 bits per heavy atom. The smallest absolute Gasteiger partial charge is 0.341 e. The molecule has 8 atom stereocenters. The Morgan fingerprint density at radius 2 is 1.19 bits per heavy atom. The van der Waals surface area contributed by atoms with E-state index < -0.39 is 204 Å². The zero-order chi connectivity index (χ0) is 49.4. The predicted octanol–water partition coefficient (Wildman–Crippen LogP) is -1.25. The molecule has 356 valence electrons. The minimum absolute atomic E-state index is 0.277. The number of carbonyl (C=O) groups excluding carboxylic acids is 5. The van der Waals surface area contributed by atoms with Crippen LogP contribution in [0.15, 0.2) is 42.0 Å². The Labute approximate surface area is 374 Å². The van der Waals surface area contributed by atoms with Crippen molar-refractivity contribution in [3.63, 3.8) is 0 Å².